The number of nitrogens with two attached hydrogens (primary N) is 1. The van der Waals surface area contributed by atoms with Gasteiger partial charge in [-0.15, -0.1) is 0 Å². The Bertz CT molecular complexity index is 613. The molecule has 0 unspecified atom stereocenters. The Morgan fingerprint density at radius 1 is 1.25 bits per heavy atom. The molecule has 0 amide bonds. The summed E-state index contributed by atoms with van der Waals surface area (Å²) in [5.41, 5.74) is 7.89. The number of rotatable bonds is 5. The third-order valence-corrected chi connectivity index (χ3v) is 4.08. The van der Waals surface area contributed by atoms with Crippen LogP contribution < -0.4 is 5.73 Å². The summed E-state index contributed by atoms with van der Waals surface area (Å²) < 4.78 is 2.27. The van der Waals surface area contributed by atoms with Crippen LogP contribution in [-0.2, 0) is 13.1 Å². The Balaban J connectivity index is 1.91. The van der Waals surface area contributed by atoms with Crippen LogP contribution in [0.25, 0.3) is 11.0 Å². The SMILES string of the molecule is NC(=S)CCn1c(CN2CCCC2)nc2ccccc21. The van der Waals surface area contributed by atoms with Gasteiger partial charge in [0.1, 0.15) is 5.82 Å². The predicted octanol–water partition coefficient (Wildman–Crippen LogP) is 2.31. The van der Waals surface area contributed by atoms with Gasteiger partial charge in [0.15, 0.2) is 0 Å². The van der Waals surface area contributed by atoms with Gasteiger partial charge >= 0.3 is 0 Å². The molecule has 1 aliphatic rings. The van der Waals surface area contributed by atoms with E-state index in [4.69, 9.17) is 22.9 Å². The maximum atomic E-state index is 5.65. The summed E-state index contributed by atoms with van der Waals surface area (Å²) in [7, 11) is 0. The first-order valence-electron chi connectivity index (χ1n) is 7.19. The molecule has 0 spiro atoms. The van der Waals surface area contributed by atoms with Crippen molar-refractivity contribution < 1.29 is 0 Å². The number of aromatic nitrogens is 2. The molecule has 20 heavy (non-hydrogen) atoms. The van der Waals surface area contributed by atoms with E-state index in [1.807, 2.05) is 6.07 Å². The smallest absolute Gasteiger partial charge is 0.124 e. The van der Waals surface area contributed by atoms with Gasteiger partial charge < -0.3 is 10.3 Å². The highest BCUT2D eigenvalue weighted by molar-refractivity contribution is 7.80. The lowest BCUT2D eigenvalue weighted by atomic mass is 10.3. The number of hydrogen-bond donors (Lipinski definition) is 1. The lowest BCUT2D eigenvalue weighted by molar-refractivity contribution is 0.317. The number of hydrogen-bond acceptors (Lipinski definition) is 3. The van der Waals surface area contributed by atoms with Crippen LogP contribution in [0.1, 0.15) is 25.1 Å². The molecule has 0 radical (unpaired) electrons. The summed E-state index contributed by atoms with van der Waals surface area (Å²) in [5.74, 6) is 1.13. The van der Waals surface area contributed by atoms with Crippen molar-refractivity contribution in [3.8, 4) is 0 Å². The van der Waals surface area contributed by atoms with Crippen molar-refractivity contribution >= 4 is 28.2 Å². The van der Waals surface area contributed by atoms with Gasteiger partial charge in [-0.25, -0.2) is 4.98 Å². The first-order valence-corrected chi connectivity index (χ1v) is 7.59. The van der Waals surface area contributed by atoms with Crippen LogP contribution in [0.15, 0.2) is 24.3 Å². The van der Waals surface area contributed by atoms with Crippen LogP contribution in [0.4, 0.5) is 0 Å². The molecule has 106 valence electrons. The normalized spacial score (nSPS) is 16.0. The second-order valence-corrected chi connectivity index (χ2v) is 5.89. The molecule has 2 heterocycles. The Morgan fingerprint density at radius 3 is 2.75 bits per heavy atom. The van der Waals surface area contributed by atoms with E-state index in [2.05, 4.69) is 27.7 Å². The van der Waals surface area contributed by atoms with E-state index >= 15 is 0 Å². The van der Waals surface area contributed by atoms with Gasteiger partial charge in [0.2, 0.25) is 0 Å². The molecule has 1 aliphatic heterocycles. The van der Waals surface area contributed by atoms with Crippen molar-refractivity contribution in [1.82, 2.24) is 14.5 Å². The van der Waals surface area contributed by atoms with E-state index in [0.29, 0.717) is 4.99 Å². The van der Waals surface area contributed by atoms with Gasteiger partial charge in [0.25, 0.3) is 0 Å². The van der Waals surface area contributed by atoms with Crippen LogP contribution in [0, 0.1) is 0 Å². The van der Waals surface area contributed by atoms with Crippen molar-refractivity contribution in [2.45, 2.75) is 32.4 Å². The van der Waals surface area contributed by atoms with Crippen LogP contribution in [0.3, 0.4) is 0 Å². The standard InChI is InChI=1S/C15H20N4S/c16-14(20)7-10-19-13-6-2-1-5-12(13)17-15(19)11-18-8-3-4-9-18/h1-2,5-6H,3-4,7-11H2,(H2,16,20). The first-order chi connectivity index (χ1) is 9.74. The molecule has 0 atom stereocenters. The molecule has 0 bridgehead atoms. The van der Waals surface area contributed by atoms with E-state index in [1.165, 1.54) is 31.4 Å². The maximum Gasteiger partial charge on any atom is 0.124 e. The van der Waals surface area contributed by atoms with E-state index in [-0.39, 0.29) is 0 Å². The van der Waals surface area contributed by atoms with Gasteiger partial charge in [-0.05, 0) is 38.1 Å². The average molecular weight is 288 g/mol. The Labute approximate surface area is 124 Å². The third-order valence-electron chi connectivity index (χ3n) is 3.88. The number of aryl methyl sites for hydroxylation is 1. The fraction of sp³-hybridized carbons (Fsp3) is 0.467. The summed E-state index contributed by atoms with van der Waals surface area (Å²) >= 11 is 5.01. The van der Waals surface area contributed by atoms with E-state index in [1.54, 1.807) is 0 Å². The number of benzene rings is 1. The predicted molar refractivity (Wildman–Crippen MR) is 85.6 cm³/mol. The number of imidazole rings is 1. The number of likely N-dealkylation sites (tertiary alicyclic amines) is 1. The molecular weight excluding hydrogens is 268 g/mol. The fourth-order valence-corrected chi connectivity index (χ4v) is 2.95. The minimum atomic E-state index is 0.565. The lowest BCUT2D eigenvalue weighted by Crippen LogP contribution is -2.22. The third kappa shape index (κ3) is 2.83. The molecule has 1 fully saturated rings. The number of para-hydroxylation sites is 2. The topological polar surface area (TPSA) is 47.1 Å². The number of thiocarbonyl (C=S) groups is 1. The minimum Gasteiger partial charge on any atom is -0.393 e. The van der Waals surface area contributed by atoms with Gasteiger partial charge in [0.05, 0.1) is 22.6 Å². The highest BCUT2D eigenvalue weighted by Gasteiger charge is 2.17. The van der Waals surface area contributed by atoms with Crippen molar-refractivity contribution in [1.29, 1.82) is 0 Å². The van der Waals surface area contributed by atoms with E-state index < -0.39 is 0 Å². The minimum absolute atomic E-state index is 0.565. The highest BCUT2D eigenvalue weighted by Crippen LogP contribution is 2.19. The number of fused-ring (bicyclic) bond motifs is 1. The second-order valence-electron chi connectivity index (χ2n) is 5.37. The molecule has 4 nitrogen and oxygen atoms in total. The average Bonchev–Trinajstić information content (AvgIpc) is 3.04. The fourth-order valence-electron chi connectivity index (χ4n) is 2.86. The monoisotopic (exact) mass is 288 g/mol. The molecule has 1 aromatic carbocycles. The summed E-state index contributed by atoms with van der Waals surface area (Å²) in [5, 5.41) is 0. The van der Waals surface area contributed by atoms with E-state index in [0.717, 1.165) is 30.9 Å². The zero-order valence-corrected chi connectivity index (χ0v) is 12.4. The van der Waals surface area contributed by atoms with Crippen LogP contribution in [0.5, 0.6) is 0 Å². The van der Waals surface area contributed by atoms with Crippen LogP contribution in [-0.4, -0.2) is 32.5 Å². The summed E-state index contributed by atoms with van der Waals surface area (Å²) in [6.07, 6.45) is 3.32. The molecule has 1 aromatic heterocycles. The first kappa shape index (κ1) is 13.5. The molecule has 2 aromatic rings. The zero-order chi connectivity index (χ0) is 13.9. The van der Waals surface area contributed by atoms with Crippen LogP contribution >= 0.6 is 12.2 Å². The molecule has 1 saturated heterocycles. The Hall–Kier alpha value is -1.46. The molecule has 2 N–H and O–H groups in total. The molecular formula is C15H20N4S. The number of nitrogens with zero attached hydrogens (tertiary/aromatic N) is 3. The molecule has 3 rings (SSSR count). The Kier molecular flexibility index (Phi) is 3.98. The molecule has 0 aliphatic carbocycles. The second kappa shape index (κ2) is 5.89. The lowest BCUT2D eigenvalue weighted by Gasteiger charge is -2.15. The van der Waals surface area contributed by atoms with Crippen molar-refractivity contribution in [3.05, 3.63) is 30.1 Å². The van der Waals surface area contributed by atoms with Crippen molar-refractivity contribution in [2.75, 3.05) is 13.1 Å². The van der Waals surface area contributed by atoms with Crippen molar-refractivity contribution in [2.24, 2.45) is 5.73 Å². The highest BCUT2D eigenvalue weighted by atomic mass is 32.1. The largest absolute Gasteiger partial charge is 0.393 e. The van der Waals surface area contributed by atoms with Gasteiger partial charge in [-0.2, -0.15) is 0 Å². The molecule has 0 saturated carbocycles. The summed E-state index contributed by atoms with van der Waals surface area (Å²) in [6, 6.07) is 8.28. The quantitative estimate of drug-likeness (QED) is 0.858. The van der Waals surface area contributed by atoms with E-state index in [9.17, 15) is 0 Å². The van der Waals surface area contributed by atoms with Gasteiger partial charge in [0, 0.05) is 13.0 Å². The molecule has 5 heteroatoms. The maximum absolute atomic E-state index is 5.65. The summed E-state index contributed by atoms with van der Waals surface area (Å²) in [6.45, 7) is 4.10. The Morgan fingerprint density at radius 2 is 2.00 bits per heavy atom. The van der Waals surface area contributed by atoms with Gasteiger partial charge in [-0.3, -0.25) is 4.90 Å². The zero-order valence-electron chi connectivity index (χ0n) is 11.6. The summed E-state index contributed by atoms with van der Waals surface area (Å²) in [4.78, 5) is 7.83. The van der Waals surface area contributed by atoms with Gasteiger partial charge in [-0.1, -0.05) is 24.4 Å². The van der Waals surface area contributed by atoms with Crippen molar-refractivity contribution in [3.63, 3.8) is 0 Å². The van der Waals surface area contributed by atoms with Crippen LogP contribution in [0.2, 0.25) is 0 Å².